The average Bonchev–Trinajstić information content (AvgIpc) is 4.28. The van der Waals surface area contributed by atoms with E-state index in [2.05, 4.69) is 194 Å². The molecule has 75 heavy (non-hydrogen) atoms. The maximum Gasteiger partial charge on any atom is 0.167 e. The molecule has 0 spiro atoms. The van der Waals surface area contributed by atoms with Crippen LogP contribution in [-0.4, -0.2) is 15.0 Å². The fraction of sp³-hybridized carbons (Fsp3) is 0.0143. The summed E-state index contributed by atoms with van der Waals surface area (Å²) in [6, 6.07) is 92.6. The summed E-state index contributed by atoms with van der Waals surface area (Å²) in [5, 5.41) is 3.99. The standard InChI is InChI=1S/C70H43N3O2/c1-4-18-46(19-5-1)67-71-68(56-30-17-35-63-65(56)55-27-11-13-34-61(55)74-63)73-69(72-67)57-31-15-29-53-58-43-49(40-41-62(58)75-66(53)57)48-21-14-20-47(42-48)44-36-38-45(39-37-44)52-28-16-33-60-64(52)54-26-10-12-32-59(54)70(60,50-22-6-2-7-23-50)51-24-8-3-9-25-51/h1-43H. The number of hydrogen-bond acceptors (Lipinski definition) is 5. The minimum atomic E-state index is -0.447. The van der Waals surface area contributed by atoms with Crippen molar-refractivity contribution in [2.24, 2.45) is 0 Å². The first-order valence-corrected chi connectivity index (χ1v) is 25.4. The highest BCUT2D eigenvalue weighted by atomic mass is 16.3. The van der Waals surface area contributed by atoms with E-state index in [1.54, 1.807) is 0 Å². The summed E-state index contributed by atoms with van der Waals surface area (Å²) in [5.74, 6) is 1.67. The van der Waals surface area contributed by atoms with Gasteiger partial charge >= 0.3 is 0 Å². The van der Waals surface area contributed by atoms with Gasteiger partial charge in [0.1, 0.15) is 22.3 Å². The Bertz CT molecular complexity index is 4480. The maximum absolute atomic E-state index is 6.76. The summed E-state index contributed by atoms with van der Waals surface area (Å²) in [5.41, 5.74) is 19.9. The summed E-state index contributed by atoms with van der Waals surface area (Å²) >= 11 is 0. The van der Waals surface area contributed by atoms with Crippen molar-refractivity contribution in [3.05, 3.63) is 283 Å². The normalized spacial score (nSPS) is 12.6. The van der Waals surface area contributed by atoms with Gasteiger partial charge in [-0.3, -0.25) is 0 Å². The van der Waals surface area contributed by atoms with Gasteiger partial charge in [0.15, 0.2) is 17.5 Å². The van der Waals surface area contributed by atoms with Gasteiger partial charge in [-0.25, -0.2) is 15.0 Å². The zero-order valence-electron chi connectivity index (χ0n) is 40.5. The number of nitrogens with zero attached hydrogens (tertiary/aromatic N) is 3. The minimum Gasteiger partial charge on any atom is -0.456 e. The molecule has 0 N–H and O–H groups in total. The largest absolute Gasteiger partial charge is 0.456 e. The smallest absolute Gasteiger partial charge is 0.167 e. The molecule has 0 unspecified atom stereocenters. The Morgan fingerprint density at radius 3 is 1.59 bits per heavy atom. The van der Waals surface area contributed by atoms with E-state index in [4.69, 9.17) is 23.8 Å². The number of furan rings is 2. The Kier molecular flexibility index (Phi) is 9.72. The molecule has 1 aliphatic carbocycles. The Morgan fingerprint density at radius 1 is 0.280 bits per heavy atom. The lowest BCUT2D eigenvalue weighted by Crippen LogP contribution is -2.28. The highest BCUT2D eigenvalue weighted by molar-refractivity contribution is 6.13. The Balaban J connectivity index is 0.792. The molecular weight excluding hydrogens is 915 g/mol. The molecule has 1 aliphatic rings. The molecular formula is C70H43N3O2. The zero-order chi connectivity index (χ0) is 49.5. The summed E-state index contributed by atoms with van der Waals surface area (Å²) < 4.78 is 13.1. The first kappa shape index (κ1) is 42.7. The second kappa shape index (κ2) is 17.1. The quantitative estimate of drug-likeness (QED) is 0.152. The summed E-state index contributed by atoms with van der Waals surface area (Å²) in [4.78, 5) is 15.4. The second-order valence-corrected chi connectivity index (χ2v) is 19.4. The van der Waals surface area contributed by atoms with Crippen LogP contribution in [0.5, 0.6) is 0 Å². The molecule has 14 aromatic rings. The van der Waals surface area contributed by atoms with Crippen LogP contribution in [0, 0.1) is 0 Å². The summed E-state index contributed by atoms with van der Waals surface area (Å²) in [6.45, 7) is 0. The van der Waals surface area contributed by atoms with E-state index in [9.17, 15) is 0 Å². The van der Waals surface area contributed by atoms with Crippen LogP contribution < -0.4 is 0 Å². The van der Waals surface area contributed by atoms with Crippen molar-refractivity contribution in [2.45, 2.75) is 5.41 Å². The molecule has 3 heterocycles. The van der Waals surface area contributed by atoms with E-state index in [1.807, 2.05) is 66.7 Å². The lowest BCUT2D eigenvalue weighted by Gasteiger charge is -2.34. The maximum atomic E-state index is 6.76. The number of benzene rings is 11. The molecule has 5 nitrogen and oxygen atoms in total. The van der Waals surface area contributed by atoms with Crippen molar-refractivity contribution in [3.63, 3.8) is 0 Å². The first-order chi connectivity index (χ1) is 37.2. The molecule has 0 saturated carbocycles. The van der Waals surface area contributed by atoms with Crippen LogP contribution in [0.15, 0.2) is 270 Å². The van der Waals surface area contributed by atoms with Crippen LogP contribution >= 0.6 is 0 Å². The molecule has 15 rings (SSSR count). The van der Waals surface area contributed by atoms with Gasteiger partial charge in [-0.1, -0.05) is 224 Å². The van der Waals surface area contributed by atoms with Crippen LogP contribution in [0.4, 0.5) is 0 Å². The summed E-state index contributed by atoms with van der Waals surface area (Å²) in [7, 11) is 0. The van der Waals surface area contributed by atoms with Crippen LogP contribution in [0.2, 0.25) is 0 Å². The average molecular weight is 958 g/mol. The van der Waals surface area contributed by atoms with E-state index in [1.165, 1.54) is 44.5 Å². The van der Waals surface area contributed by atoms with Gasteiger partial charge in [0, 0.05) is 32.7 Å². The van der Waals surface area contributed by atoms with E-state index < -0.39 is 5.41 Å². The zero-order valence-corrected chi connectivity index (χ0v) is 40.5. The van der Waals surface area contributed by atoms with Gasteiger partial charge < -0.3 is 8.83 Å². The van der Waals surface area contributed by atoms with Gasteiger partial charge in [-0.2, -0.15) is 0 Å². The third-order valence-electron chi connectivity index (χ3n) is 15.3. The fourth-order valence-corrected chi connectivity index (χ4v) is 11.9. The monoisotopic (exact) mass is 957 g/mol. The van der Waals surface area contributed by atoms with E-state index >= 15 is 0 Å². The molecule has 11 aromatic carbocycles. The lowest BCUT2D eigenvalue weighted by atomic mass is 9.67. The number of rotatable bonds is 8. The third-order valence-corrected chi connectivity index (χ3v) is 15.3. The second-order valence-electron chi connectivity index (χ2n) is 19.4. The first-order valence-electron chi connectivity index (χ1n) is 25.4. The van der Waals surface area contributed by atoms with Gasteiger partial charge in [0.05, 0.1) is 11.0 Å². The minimum absolute atomic E-state index is 0.447. The third kappa shape index (κ3) is 6.75. The van der Waals surface area contributed by atoms with Gasteiger partial charge in [0.25, 0.3) is 0 Å². The lowest BCUT2D eigenvalue weighted by molar-refractivity contribution is 0.668. The van der Waals surface area contributed by atoms with Crippen molar-refractivity contribution >= 4 is 43.9 Å². The Labute approximate surface area is 432 Å². The molecule has 0 atom stereocenters. The number of hydrogen-bond donors (Lipinski definition) is 0. The molecule has 350 valence electrons. The molecule has 0 bridgehead atoms. The van der Waals surface area contributed by atoms with Crippen molar-refractivity contribution in [2.75, 3.05) is 0 Å². The molecule has 3 aromatic heterocycles. The van der Waals surface area contributed by atoms with Gasteiger partial charge in [0.2, 0.25) is 0 Å². The van der Waals surface area contributed by atoms with Gasteiger partial charge in [-0.15, -0.1) is 0 Å². The summed E-state index contributed by atoms with van der Waals surface area (Å²) in [6.07, 6.45) is 0. The number of aromatic nitrogens is 3. The fourth-order valence-electron chi connectivity index (χ4n) is 11.9. The predicted molar refractivity (Wildman–Crippen MR) is 304 cm³/mol. The predicted octanol–water partition coefficient (Wildman–Crippen LogP) is 18.0. The highest BCUT2D eigenvalue weighted by Gasteiger charge is 2.46. The van der Waals surface area contributed by atoms with Crippen molar-refractivity contribution < 1.29 is 8.83 Å². The van der Waals surface area contributed by atoms with Gasteiger partial charge in [-0.05, 0) is 103 Å². The van der Waals surface area contributed by atoms with Crippen molar-refractivity contribution in [1.29, 1.82) is 0 Å². The molecule has 0 saturated heterocycles. The Hall–Kier alpha value is -9.97. The van der Waals surface area contributed by atoms with Crippen molar-refractivity contribution in [1.82, 2.24) is 15.0 Å². The highest BCUT2D eigenvalue weighted by Crippen LogP contribution is 2.58. The Morgan fingerprint density at radius 2 is 0.787 bits per heavy atom. The van der Waals surface area contributed by atoms with Crippen LogP contribution in [0.3, 0.4) is 0 Å². The van der Waals surface area contributed by atoms with Crippen LogP contribution in [0.25, 0.3) is 123 Å². The molecule has 5 heteroatoms. The van der Waals surface area contributed by atoms with Crippen molar-refractivity contribution in [3.8, 4) is 78.7 Å². The topological polar surface area (TPSA) is 65.0 Å². The molecule has 0 amide bonds. The molecule has 0 aliphatic heterocycles. The van der Waals surface area contributed by atoms with E-state index in [-0.39, 0.29) is 0 Å². The van der Waals surface area contributed by atoms with E-state index in [0.29, 0.717) is 17.5 Å². The number of fused-ring (bicyclic) bond motifs is 9. The number of para-hydroxylation sites is 2. The van der Waals surface area contributed by atoms with Crippen LogP contribution in [0.1, 0.15) is 22.3 Å². The molecule has 0 radical (unpaired) electrons. The van der Waals surface area contributed by atoms with E-state index in [0.717, 1.165) is 82.8 Å². The van der Waals surface area contributed by atoms with Crippen LogP contribution in [-0.2, 0) is 5.41 Å². The SMILES string of the molecule is c1ccc(-c2nc(-c3cccc4c3oc3ccc(-c5cccc(-c6ccc(-c7cccc8c7-c7ccccc7C8(c7ccccc7)c7ccccc7)cc6)c5)cc34)nc(-c3cccc4oc5ccccc5c34)n2)cc1. The molecule has 0 fully saturated rings.